The zero-order chi connectivity index (χ0) is 18.6. The highest BCUT2D eigenvalue weighted by atomic mass is 16.6. The van der Waals surface area contributed by atoms with Gasteiger partial charge in [-0.1, -0.05) is 30.3 Å². The maximum absolute atomic E-state index is 12.8. The summed E-state index contributed by atoms with van der Waals surface area (Å²) in [6, 6.07) is 8.92. The molecule has 138 valence electrons. The monoisotopic (exact) mass is 349 g/mol. The Morgan fingerprint density at radius 3 is 2.40 bits per heavy atom. The van der Waals surface area contributed by atoms with E-state index in [1.54, 1.807) is 25.7 Å². The van der Waals surface area contributed by atoms with Crippen LogP contribution >= 0.6 is 0 Å². The van der Waals surface area contributed by atoms with Crippen molar-refractivity contribution in [3.05, 3.63) is 35.9 Å². The summed E-state index contributed by atoms with van der Waals surface area (Å²) in [5, 5.41) is 9.62. The van der Waals surface area contributed by atoms with E-state index < -0.39 is 23.7 Å². The van der Waals surface area contributed by atoms with Gasteiger partial charge in [-0.05, 0) is 32.8 Å². The molecule has 2 rings (SSSR count). The van der Waals surface area contributed by atoms with Crippen LogP contribution in [0.3, 0.4) is 0 Å². The number of esters is 1. The Bertz CT molecular complexity index is 596. The molecule has 1 aromatic carbocycles. The summed E-state index contributed by atoms with van der Waals surface area (Å²) in [6.45, 7) is 5.63. The van der Waals surface area contributed by atoms with Crippen molar-refractivity contribution < 1.29 is 24.2 Å². The summed E-state index contributed by atoms with van der Waals surface area (Å²) < 4.78 is 10.5. The molecule has 1 heterocycles. The molecule has 0 aromatic heterocycles. The van der Waals surface area contributed by atoms with Crippen LogP contribution in [0.1, 0.15) is 38.8 Å². The van der Waals surface area contributed by atoms with Crippen LogP contribution in [0, 0.1) is 11.8 Å². The average molecular weight is 349 g/mol. The zero-order valence-electron chi connectivity index (χ0n) is 15.3. The Hall–Kier alpha value is -2.08. The predicted molar refractivity (Wildman–Crippen MR) is 92.8 cm³/mol. The lowest BCUT2D eigenvalue weighted by molar-refractivity contribution is -0.151. The number of piperidine rings is 1. The minimum atomic E-state index is -0.648. The van der Waals surface area contributed by atoms with E-state index in [4.69, 9.17) is 9.47 Å². The molecule has 1 aliphatic rings. The Morgan fingerprint density at radius 2 is 1.88 bits per heavy atom. The molecule has 0 aliphatic carbocycles. The van der Waals surface area contributed by atoms with E-state index in [1.807, 2.05) is 30.3 Å². The molecule has 3 unspecified atom stereocenters. The van der Waals surface area contributed by atoms with E-state index in [2.05, 4.69) is 0 Å². The number of ether oxygens (including phenoxy) is 2. The molecule has 1 aliphatic heterocycles. The first-order valence-electron chi connectivity index (χ1n) is 8.50. The molecule has 0 radical (unpaired) electrons. The van der Waals surface area contributed by atoms with Crippen LogP contribution < -0.4 is 0 Å². The molecule has 6 heteroatoms. The number of benzene rings is 1. The van der Waals surface area contributed by atoms with Crippen molar-refractivity contribution in [3.63, 3.8) is 0 Å². The Morgan fingerprint density at radius 1 is 1.24 bits per heavy atom. The lowest BCUT2D eigenvalue weighted by atomic mass is 9.80. The van der Waals surface area contributed by atoms with E-state index in [-0.39, 0.29) is 18.5 Å². The van der Waals surface area contributed by atoms with Gasteiger partial charge in [0.15, 0.2) is 0 Å². The van der Waals surface area contributed by atoms with Crippen LogP contribution in [-0.2, 0) is 14.3 Å². The van der Waals surface area contributed by atoms with Gasteiger partial charge in [-0.3, -0.25) is 9.69 Å². The van der Waals surface area contributed by atoms with Gasteiger partial charge in [-0.25, -0.2) is 4.79 Å². The second-order valence-corrected chi connectivity index (χ2v) is 7.40. The lowest BCUT2D eigenvalue weighted by Crippen LogP contribution is -2.50. The number of amides is 1. The number of carbonyl (C=O) groups is 2. The van der Waals surface area contributed by atoms with Crippen LogP contribution in [0.4, 0.5) is 4.79 Å². The maximum atomic E-state index is 12.8. The minimum absolute atomic E-state index is 0.103. The SMILES string of the molecule is COC(=O)C1CC(CO)CN(C(=O)OC(C)(C)C)C1c1ccccc1. The molecule has 0 saturated carbocycles. The number of likely N-dealkylation sites (tertiary alicyclic amines) is 1. The van der Waals surface area contributed by atoms with E-state index in [9.17, 15) is 14.7 Å². The quantitative estimate of drug-likeness (QED) is 0.849. The third-order valence-electron chi connectivity index (χ3n) is 4.29. The van der Waals surface area contributed by atoms with Crippen LogP contribution in [0.25, 0.3) is 0 Å². The normalized spacial score (nSPS) is 23.9. The number of aliphatic hydroxyl groups excluding tert-OH is 1. The first-order valence-corrected chi connectivity index (χ1v) is 8.50. The summed E-state index contributed by atoms with van der Waals surface area (Å²) in [5.41, 5.74) is 0.200. The van der Waals surface area contributed by atoms with Gasteiger partial charge in [0.25, 0.3) is 0 Å². The van der Waals surface area contributed by atoms with Gasteiger partial charge in [0, 0.05) is 19.1 Å². The number of hydrogen-bond donors (Lipinski definition) is 1. The number of methoxy groups -OCH3 is 1. The van der Waals surface area contributed by atoms with Crippen molar-refractivity contribution in [2.24, 2.45) is 11.8 Å². The highest BCUT2D eigenvalue weighted by molar-refractivity contribution is 5.76. The standard InChI is InChI=1S/C19H27NO5/c1-19(2,3)25-18(23)20-11-13(12-21)10-15(17(22)24-4)16(20)14-8-6-5-7-9-14/h5-9,13,15-16,21H,10-12H2,1-4H3. The molecular weight excluding hydrogens is 322 g/mol. The van der Waals surface area contributed by atoms with Crippen molar-refractivity contribution >= 4 is 12.1 Å². The van der Waals surface area contributed by atoms with Gasteiger partial charge in [0.05, 0.1) is 19.1 Å². The van der Waals surface area contributed by atoms with Crippen molar-refractivity contribution in [2.45, 2.75) is 38.8 Å². The summed E-state index contributed by atoms with van der Waals surface area (Å²) in [6.07, 6.45) is -0.0319. The van der Waals surface area contributed by atoms with Gasteiger partial charge >= 0.3 is 12.1 Å². The summed E-state index contributed by atoms with van der Waals surface area (Å²) in [4.78, 5) is 26.7. The van der Waals surface area contributed by atoms with E-state index in [0.29, 0.717) is 13.0 Å². The fourth-order valence-electron chi connectivity index (χ4n) is 3.25. The summed E-state index contributed by atoms with van der Waals surface area (Å²) in [5.74, 6) is -1.14. The Labute approximate surface area is 148 Å². The topological polar surface area (TPSA) is 76.1 Å². The second kappa shape index (κ2) is 7.87. The van der Waals surface area contributed by atoms with Crippen LogP contribution in [0.2, 0.25) is 0 Å². The predicted octanol–water partition coefficient (Wildman–Crippen LogP) is 2.77. The summed E-state index contributed by atoms with van der Waals surface area (Å²) >= 11 is 0. The number of hydrogen-bond acceptors (Lipinski definition) is 5. The molecule has 0 spiro atoms. The molecule has 25 heavy (non-hydrogen) atoms. The highest BCUT2D eigenvalue weighted by Gasteiger charge is 2.44. The summed E-state index contributed by atoms with van der Waals surface area (Å²) in [7, 11) is 1.34. The number of nitrogens with zero attached hydrogens (tertiary/aromatic N) is 1. The van der Waals surface area contributed by atoms with Gasteiger partial charge in [-0.15, -0.1) is 0 Å². The molecule has 1 aromatic rings. The first kappa shape index (κ1) is 19.2. The van der Waals surface area contributed by atoms with Crippen LogP contribution in [0.15, 0.2) is 30.3 Å². The lowest BCUT2D eigenvalue weighted by Gasteiger charge is -2.43. The van der Waals surface area contributed by atoms with Crippen LogP contribution in [-0.4, -0.2) is 47.9 Å². The van der Waals surface area contributed by atoms with Crippen molar-refractivity contribution in [3.8, 4) is 0 Å². The van der Waals surface area contributed by atoms with Gasteiger partial charge < -0.3 is 14.6 Å². The maximum Gasteiger partial charge on any atom is 0.410 e. The molecule has 0 bridgehead atoms. The molecular formula is C19H27NO5. The average Bonchev–Trinajstić information content (AvgIpc) is 2.59. The van der Waals surface area contributed by atoms with Gasteiger partial charge in [-0.2, -0.15) is 0 Å². The van der Waals surface area contributed by atoms with E-state index in [1.165, 1.54) is 7.11 Å². The second-order valence-electron chi connectivity index (χ2n) is 7.40. The van der Waals surface area contributed by atoms with E-state index >= 15 is 0 Å². The minimum Gasteiger partial charge on any atom is -0.469 e. The van der Waals surface area contributed by atoms with E-state index in [0.717, 1.165) is 5.56 Å². The molecule has 6 nitrogen and oxygen atoms in total. The number of carbonyl (C=O) groups excluding carboxylic acids is 2. The van der Waals surface area contributed by atoms with Crippen molar-refractivity contribution in [1.29, 1.82) is 0 Å². The fourth-order valence-corrected chi connectivity index (χ4v) is 3.25. The number of rotatable bonds is 3. The van der Waals surface area contributed by atoms with Crippen molar-refractivity contribution in [2.75, 3.05) is 20.3 Å². The molecule has 1 N–H and O–H groups in total. The highest BCUT2D eigenvalue weighted by Crippen LogP contribution is 2.39. The molecule has 1 amide bonds. The Kier molecular flexibility index (Phi) is 6.06. The van der Waals surface area contributed by atoms with Gasteiger partial charge in [0.1, 0.15) is 5.60 Å². The molecule has 1 fully saturated rings. The number of aliphatic hydroxyl groups is 1. The first-order chi connectivity index (χ1) is 11.8. The third kappa shape index (κ3) is 4.72. The third-order valence-corrected chi connectivity index (χ3v) is 4.29. The smallest absolute Gasteiger partial charge is 0.410 e. The molecule has 1 saturated heterocycles. The fraction of sp³-hybridized carbons (Fsp3) is 0.579. The van der Waals surface area contributed by atoms with Crippen LogP contribution in [0.5, 0.6) is 0 Å². The van der Waals surface area contributed by atoms with Crippen molar-refractivity contribution in [1.82, 2.24) is 4.90 Å². The largest absolute Gasteiger partial charge is 0.469 e. The Balaban J connectivity index is 2.42. The van der Waals surface area contributed by atoms with Gasteiger partial charge in [0.2, 0.25) is 0 Å². The molecule has 3 atom stereocenters. The zero-order valence-corrected chi connectivity index (χ0v) is 15.3.